The summed E-state index contributed by atoms with van der Waals surface area (Å²) in [7, 11) is 0. The molecule has 0 radical (unpaired) electrons. The maximum atomic E-state index is 12.0. The number of rotatable bonds is 4. The van der Waals surface area contributed by atoms with E-state index in [1.165, 1.54) is 0 Å². The number of nitrogens with one attached hydrogen (secondary N) is 1. The van der Waals surface area contributed by atoms with E-state index in [1.807, 2.05) is 13.8 Å². The Morgan fingerprint density at radius 3 is 3.00 bits per heavy atom. The van der Waals surface area contributed by atoms with Crippen molar-refractivity contribution >= 4 is 6.03 Å². The molecule has 20 heavy (non-hydrogen) atoms. The van der Waals surface area contributed by atoms with Crippen LogP contribution in [0, 0.1) is 6.92 Å². The molecule has 2 rings (SSSR count). The minimum Gasteiger partial charge on any atom is -0.394 e. The van der Waals surface area contributed by atoms with E-state index in [-0.39, 0.29) is 18.7 Å². The highest BCUT2D eigenvalue weighted by Gasteiger charge is 2.23. The van der Waals surface area contributed by atoms with Gasteiger partial charge < -0.3 is 20.1 Å². The van der Waals surface area contributed by atoms with Crippen molar-refractivity contribution < 1.29 is 14.6 Å². The predicted molar refractivity (Wildman–Crippen MR) is 71.1 cm³/mol. The van der Waals surface area contributed by atoms with Gasteiger partial charge in [0.05, 0.1) is 44.6 Å². The SMILES string of the molecule is CCn1nc(C)c(CNC(=O)N2CCOC(CO)C2)n1. The minimum atomic E-state index is -0.294. The first kappa shape index (κ1) is 14.7. The van der Waals surface area contributed by atoms with Crippen LogP contribution in [0.5, 0.6) is 0 Å². The van der Waals surface area contributed by atoms with Crippen molar-refractivity contribution in [2.24, 2.45) is 0 Å². The molecule has 1 aromatic heterocycles. The third-order valence-corrected chi connectivity index (χ3v) is 3.24. The number of ether oxygens (including phenoxy) is 1. The van der Waals surface area contributed by atoms with Crippen LogP contribution in [0.1, 0.15) is 18.3 Å². The van der Waals surface area contributed by atoms with Crippen LogP contribution in [-0.2, 0) is 17.8 Å². The van der Waals surface area contributed by atoms with E-state index in [9.17, 15) is 4.79 Å². The van der Waals surface area contributed by atoms with Gasteiger partial charge in [-0.15, -0.1) is 0 Å². The Bertz CT molecular complexity index is 462. The number of urea groups is 1. The number of amides is 2. The lowest BCUT2D eigenvalue weighted by Gasteiger charge is -2.31. The first-order valence-corrected chi connectivity index (χ1v) is 6.79. The van der Waals surface area contributed by atoms with Gasteiger partial charge in [0, 0.05) is 6.54 Å². The number of morpholine rings is 1. The van der Waals surface area contributed by atoms with Gasteiger partial charge >= 0.3 is 6.03 Å². The largest absolute Gasteiger partial charge is 0.394 e. The molecule has 1 fully saturated rings. The summed E-state index contributed by atoms with van der Waals surface area (Å²) >= 11 is 0. The van der Waals surface area contributed by atoms with E-state index in [1.54, 1.807) is 9.70 Å². The van der Waals surface area contributed by atoms with Crippen molar-refractivity contribution in [1.29, 1.82) is 0 Å². The van der Waals surface area contributed by atoms with Gasteiger partial charge in [-0.2, -0.15) is 15.0 Å². The van der Waals surface area contributed by atoms with Crippen molar-refractivity contribution in [2.45, 2.75) is 33.0 Å². The zero-order valence-corrected chi connectivity index (χ0v) is 11.9. The van der Waals surface area contributed by atoms with Crippen LogP contribution < -0.4 is 5.32 Å². The van der Waals surface area contributed by atoms with Gasteiger partial charge in [-0.05, 0) is 13.8 Å². The number of aryl methyl sites for hydroxylation is 2. The van der Waals surface area contributed by atoms with E-state index in [0.29, 0.717) is 32.8 Å². The molecule has 0 aliphatic carbocycles. The highest BCUT2D eigenvalue weighted by molar-refractivity contribution is 5.74. The van der Waals surface area contributed by atoms with Gasteiger partial charge in [-0.1, -0.05) is 0 Å². The lowest BCUT2D eigenvalue weighted by Crippen LogP contribution is -2.50. The van der Waals surface area contributed by atoms with Gasteiger partial charge in [0.15, 0.2) is 0 Å². The van der Waals surface area contributed by atoms with E-state index >= 15 is 0 Å². The van der Waals surface area contributed by atoms with Crippen molar-refractivity contribution in [3.05, 3.63) is 11.4 Å². The van der Waals surface area contributed by atoms with E-state index in [2.05, 4.69) is 15.5 Å². The van der Waals surface area contributed by atoms with Crippen molar-refractivity contribution in [3.63, 3.8) is 0 Å². The summed E-state index contributed by atoms with van der Waals surface area (Å²) in [5.74, 6) is 0. The highest BCUT2D eigenvalue weighted by Crippen LogP contribution is 2.06. The zero-order chi connectivity index (χ0) is 14.5. The summed E-state index contributed by atoms with van der Waals surface area (Å²) < 4.78 is 5.31. The Morgan fingerprint density at radius 2 is 2.35 bits per heavy atom. The normalized spacial score (nSPS) is 19.1. The van der Waals surface area contributed by atoms with Crippen LogP contribution in [-0.4, -0.2) is 63.4 Å². The fourth-order valence-electron chi connectivity index (χ4n) is 2.06. The molecule has 112 valence electrons. The van der Waals surface area contributed by atoms with Crippen LogP contribution >= 0.6 is 0 Å². The fourth-order valence-corrected chi connectivity index (χ4v) is 2.06. The average Bonchev–Trinajstić information content (AvgIpc) is 2.85. The van der Waals surface area contributed by atoms with Gasteiger partial charge in [0.2, 0.25) is 0 Å². The van der Waals surface area contributed by atoms with Gasteiger partial charge in [-0.3, -0.25) is 0 Å². The summed E-state index contributed by atoms with van der Waals surface area (Å²) in [6.45, 7) is 6.20. The number of aliphatic hydroxyl groups excluding tert-OH is 1. The number of hydrogen-bond donors (Lipinski definition) is 2. The maximum absolute atomic E-state index is 12.0. The molecule has 1 atom stereocenters. The van der Waals surface area contributed by atoms with Gasteiger partial charge in [0.25, 0.3) is 0 Å². The van der Waals surface area contributed by atoms with Gasteiger partial charge in [0.1, 0.15) is 5.69 Å². The molecule has 1 aliphatic rings. The third-order valence-electron chi connectivity index (χ3n) is 3.24. The molecule has 2 N–H and O–H groups in total. The molecule has 8 heteroatoms. The number of nitrogens with zero attached hydrogens (tertiary/aromatic N) is 4. The first-order chi connectivity index (χ1) is 9.63. The monoisotopic (exact) mass is 283 g/mol. The molecule has 0 bridgehead atoms. The lowest BCUT2D eigenvalue weighted by atomic mass is 10.3. The molecular formula is C12H21N5O3. The topological polar surface area (TPSA) is 92.5 Å². The second-order valence-corrected chi connectivity index (χ2v) is 4.70. The quantitative estimate of drug-likeness (QED) is 0.778. The first-order valence-electron chi connectivity index (χ1n) is 6.79. The number of carbonyl (C=O) groups is 1. The molecule has 0 saturated carbocycles. The Labute approximate surface area is 117 Å². The summed E-state index contributed by atoms with van der Waals surface area (Å²) in [6.07, 6.45) is -0.294. The summed E-state index contributed by atoms with van der Waals surface area (Å²) in [5.41, 5.74) is 1.59. The molecule has 1 aromatic rings. The van der Waals surface area contributed by atoms with Gasteiger partial charge in [-0.25, -0.2) is 4.79 Å². The van der Waals surface area contributed by atoms with E-state index < -0.39 is 0 Å². The van der Waals surface area contributed by atoms with Crippen LogP contribution in [0.25, 0.3) is 0 Å². The van der Waals surface area contributed by atoms with E-state index in [0.717, 1.165) is 11.4 Å². The second kappa shape index (κ2) is 6.67. The van der Waals surface area contributed by atoms with Crippen molar-refractivity contribution in [1.82, 2.24) is 25.2 Å². The predicted octanol–water partition coefficient (Wildman–Crippen LogP) is -0.491. The Morgan fingerprint density at radius 1 is 1.55 bits per heavy atom. The Balaban J connectivity index is 1.86. The molecule has 0 aromatic carbocycles. The summed E-state index contributed by atoms with van der Waals surface area (Å²) in [5, 5.41) is 20.4. The molecule has 1 saturated heterocycles. The van der Waals surface area contributed by atoms with Crippen LogP contribution in [0.3, 0.4) is 0 Å². The molecule has 1 aliphatic heterocycles. The smallest absolute Gasteiger partial charge is 0.317 e. The van der Waals surface area contributed by atoms with Crippen LogP contribution in [0.4, 0.5) is 4.79 Å². The molecule has 2 amide bonds. The van der Waals surface area contributed by atoms with Crippen molar-refractivity contribution in [3.8, 4) is 0 Å². The molecule has 1 unspecified atom stereocenters. The number of carbonyl (C=O) groups excluding carboxylic acids is 1. The molecule has 0 spiro atoms. The number of aromatic nitrogens is 3. The summed E-state index contributed by atoms with van der Waals surface area (Å²) in [4.78, 5) is 15.3. The second-order valence-electron chi connectivity index (χ2n) is 4.70. The summed E-state index contributed by atoms with van der Waals surface area (Å²) in [6, 6.07) is -0.169. The minimum absolute atomic E-state index is 0.0757. The lowest BCUT2D eigenvalue weighted by molar-refractivity contribution is -0.0403. The van der Waals surface area contributed by atoms with Crippen LogP contribution in [0.2, 0.25) is 0 Å². The standard InChI is InChI=1S/C12H21N5O3/c1-3-17-14-9(2)11(15-17)6-13-12(19)16-4-5-20-10(7-16)8-18/h10,18H,3-8H2,1-2H3,(H,13,19). The number of hydrogen-bond acceptors (Lipinski definition) is 5. The highest BCUT2D eigenvalue weighted by atomic mass is 16.5. The Kier molecular flexibility index (Phi) is 4.91. The molecule has 2 heterocycles. The Hall–Kier alpha value is -1.67. The van der Waals surface area contributed by atoms with Crippen molar-refractivity contribution in [2.75, 3.05) is 26.3 Å². The van der Waals surface area contributed by atoms with E-state index in [4.69, 9.17) is 9.84 Å². The molecule has 8 nitrogen and oxygen atoms in total. The van der Waals surface area contributed by atoms with Crippen LogP contribution in [0.15, 0.2) is 0 Å². The fraction of sp³-hybridized carbons (Fsp3) is 0.750. The number of aliphatic hydroxyl groups is 1. The maximum Gasteiger partial charge on any atom is 0.317 e. The molecular weight excluding hydrogens is 262 g/mol. The zero-order valence-electron chi connectivity index (χ0n) is 11.9. The third kappa shape index (κ3) is 3.45. The average molecular weight is 283 g/mol.